The molecule has 1 fully saturated rings. The van der Waals surface area contributed by atoms with Gasteiger partial charge in [-0.2, -0.15) is 4.39 Å². The molecule has 0 N–H and O–H groups in total. The number of fused-ring (bicyclic) bond motifs is 1. The van der Waals surface area contributed by atoms with E-state index >= 15 is 13.2 Å². The highest BCUT2D eigenvalue weighted by molar-refractivity contribution is 5.61. The van der Waals surface area contributed by atoms with Gasteiger partial charge in [0.2, 0.25) is 5.95 Å². The summed E-state index contributed by atoms with van der Waals surface area (Å²) in [6.45, 7) is 3.64. The fraction of sp³-hybridized carbons (Fsp3) is 0.703. The van der Waals surface area contributed by atoms with Crippen molar-refractivity contribution >= 4 is 0 Å². The van der Waals surface area contributed by atoms with Gasteiger partial charge < -0.3 is 4.74 Å². The van der Waals surface area contributed by atoms with E-state index in [2.05, 4.69) is 24.0 Å². The van der Waals surface area contributed by atoms with Gasteiger partial charge in [-0.05, 0) is 68.1 Å². The minimum Gasteiger partial charge on any atom is -0.381 e. The third-order valence-corrected chi connectivity index (χ3v) is 9.42. The summed E-state index contributed by atoms with van der Waals surface area (Å²) in [4.78, 5) is 4.03. The molecule has 5 heteroatoms. The van der Waals surface area contributed by atoms with Crippen molar-refractivity contribution in [1.29, 1.82) is 0 Å². The van der Waals surface area contributed by atoms with E-state index in [1.54, 1.807) is 6.07 Å². The largest absolute Gasteiger partial charge is 0.381 e. The molecule has 2 aliphatic rings. The first-order valence-corrected chi connectivity index (χ1v) is 17.2. The van der Waals surface area contributed by atoms with Crippen molar-refractivity contribution in [3.8, 4) is 11.3 Å². The molecule has 2 aromatic rings. The van der Waals surface area contributed by atoms with E-state index in [9.17, 15) is 0 Å². The number of pyridine rings is 1. The van der Waals surface area contributed by atoms with Crippen LogP contribution in [-0.4, -0.2) is 18.2 Å². The quantitative estimate of drug-likeness (QED) is 0.107. The molecule has 0 saturated heterocycles. The molecule has 1 atom stereocenters. The van der Waals surface area contributed by atoms with Crippen LogP contribution in [-0.2, 0) is 23.5 Å². The van der Waals surface area contributed by atoms with E-state index in [0.29, 0.717) is 43.5 Å². The Morgan fingerprint density at radius 3 is 2.14 bits per heavy atom. The molecule has 2 nitrogen and oxygen atoms in total. The summed E-state index contributed by atoms with van der Waals surface area (Å²) < 4.78 is 51.6. The van der Waals surface area contributed by atoms with Crippen molar-refractivity contribution in [2.75, 3.05) is 13.2 Å². The zero-order chi connectivity index (χ0) is 29.6. The van der Waals surface area contributed by atoms with Crippen LogP contribution in [0.15, 0.2) is 30.3 Å². The highest BCUT2D eigenvalue weighted by Gasteiger charge is 2.47. The number of hydrogen-bond acceptors (Lipinski definition) is 2. The molecular formula is C37H54F3NO. The Kier molecular flexibility index (Phi) is 13.7. The number of hydrogen-bond donors (Lipinski definition) is 0. The highest BCUT2D eigenvalue weighted by Crippen LogP contribution is 2.47. The van der Waals surface area contributed by atoms with E-state index in [0.717, 1.165) is 43.8 Å². The molecular weight excluding hydrogens is 531 g/mol. The number of halogens is 3. The second-order valence-electron chi connectivity index (χ2n) is 13.0. The van der Waals surface area contributed by atoms with E-state index in [4.69, 9.17) is 4.74 Å². The van der Waals surface area contributed by atoms with Gasteiger partial charge in [-0.1, -0.05) is 115 Å². The van der Waals surface area contributed by atoms with Crippen LogP contribution in [0.1, 0.15) is 139 Å². The summed E-state index contributed by atoms with van der Waals surface area (Å²) in [5.41, 5.74) is 2.44. The lowest BCUT2D eigenvalue weighted by Crippen LogP contribution is -2.33. The lowest BCUT2D eigenvalue weighted by Gasteiger charge is -2.33. The molecule has 0 radical (unpaired) electrons. The van der Waals surface area contributed by atoms with Crippen molar-refractivity contribution in [3.63, 3.8) is 0 Å². The average molecular weight is 586 g/mol. The Balaban J connectivity index is 1.19. The SMILES string of the molecule is CCCCCOCCCCCC1CCc2cc(-c3ccc(CCCCCCCCCC4CC4)cc3)nc(F)c2C1(F)F. The number of aryl methyl sites for hydroxylation is 2. The van der Waals surface area contributed by atoms with Crippen molar-refractivity contribution in [3.05, 3.63) is 53.0 Å². The normalized spacial score (nSPS) is 17.9. The van der Waals surface area contributed by atoms with Crippen molar-refractivity contribution < 1.29 is 17.9 Å². The first kappa shape index (κ1) is 33.0. The first-order chi connectivity index (χ1) is 20.5. The number of alkyl halides is 2. The molecule has 1 heterocycles. The Labute approximate surface area is 253 Å². The average Bonchev–Trinajstić information content (AvgIpc) is 3.81. The van der Waals surface area contributed by atoms with Gasteiger partial charge in [-0.15, -0.1) is 0 Å². The molecule has 42 heavy (non-hydrogen) atoms. The zero-order valence-electron chi connectivity index (χ0n) is 26.1. The van der Waals surface area contributed by atoms with Gasteiger partial charge in [0.25, 0.3) is 5.92 Å². The van der Waals surface area contributed by atoms with Gasteiger partial charge in [0.15, 0.2) is 0 Å². The molecule has 1 unspecified atom stereocenters. The number of nitrogens with zero attached hydrogens (tertiary/aromatic N) is 1. The fourth-order valence-electron chi connectivity index (χ4n) is 6.52. The first-order valence-electron chi connectivity index (χ1n) is 17.2. The number of aromatic nitrogens is 1. The molecule has 0 spiro atoms. The number of ether oxygens (including phenoxy) is 1. The third kappa shape index (κ3) is 10.4. The third-order valence-electron chi connectivity index (χ3n) is 9.42. The van der Waals surface area contributed by atoms with Gasteiger partial charge in [-0.3, -0.25) is 0 Å². The molecule has 4 rings (SSSR count). The molecule has 234 valence electrons. The Morgan fingerprint density at radius 1 is 0.786 bits per heavy atom. The summed E-state index contributed by atoms with van der Waals surface area (Å²) >= 11 is 0. The molecule has 0 aliphatic heterocycles. The summed E-state index contributed by atoms with van der Waals surface area (Å²) in [6, 6.07) is 9.76. The Hall–Kier alpha value is -1.88. The van der Waals surface area contributed by atoms with E-state index in [-0.39, 0.29) is 0 Å². The molecule has 0 amide bonds. The van der Waals surface area contributed by atoms with Crippen molar-refractivity contribution in [1.82, 2.24) is 4.98 Å². The van der Waals surface area contributed by atoms with Crippen LogP contribution in [0.2, 0.25) is 0 Å². The van der Waals surface area contributed by atoms with Crippen LogP contribution in [0.25, 0.3) is 11.3 Å². The highest BCUT2D eigenvalue weighted by atomic mass is 19.3. The summed E-state index contributed by atoms with van der Waals surface area (Å²) in [5.74, 6) is -3.95. The molecule has 0 bridgehead atoms. The van der Waals surface area contributed by atoms with Gasteiger partial charge in [0.1, 0.15) is 0 Å². The maximum Gasteiger partial charge on any atom is 0.280 e. The maximum atomic E-state index is 15.4. The number of unbranched alkanes of at least 4 members (excludes halogenated alkanes) is 10. The van der Waals surface area contributed by atoms with E-state index in [1.165, 1.54) is 82.6 Å². The van der Waals surface area contributed by atoms with Crippen molar-refractivity contribution in [2.45, 2.75) is 141 Å². The molecule has 2 aliphatic carbocycles. The van der Waals surface area contributed by atoms with Gasteiger partial charge in [0, 0.05) is 24.7 Å². The van der Waals surface area contributed by atoms with Crippen LogP contribution in [0.3, 0.4) is 0 Å². The zero-order valence-corrected chi connectivity index (χ0v) is 26.1. The van der Waals surface area contributed by atoms with Gasteiger partial charge in [0.05, 0.1) is 11.3 Å². The van der Waals surface area contributed by atoms with Crippen molar-refractivity contribution in [2.24, 2.45) is 11.8 Å². The lowest BCUT2D eigenvalue weighted by atomic mass is 9.78. The minimum atomic E-state index is -3.18. The maximum absolute atomic E-state index is 15.4. The van der Waals surface area contributed by atoms with Crippen LogP contribution in [0.5, 0.6) is 0 Å². The molecule has 1 aromatic carbocycles. The van der Waals surface area contributed by atoms with Crippen LogP contribution < -0.4 is 0 Å². The number of benzene rings is 1. The number of rotatable bonds is 21. The standard InChI is InChI=1S/C37H54F3NO/c1-2-3-13-26-42-27-14-9-12-17-33-25-24-32-28-34(41-36(38)35(32)37(33,39)40)31-22-20-30(21-23-31)16-11-8-6-4-5-7-10-15-29-18-19-29/h20-23,28-29,33H,2-19,24-27H2,1H3. The predicted molar refractivity (Wildman–Crippen MR) is 168 cm³/mol. The van der Waals surface area contributed by atoms with E-state index < -0.39 is 23.4 Å². The van der Waals surface area contributed by atoms with Crippen LogP contribution in [0.4, 0.5) is 13.2 Å². The van der Waals surface area contributed by atoms with Gasteiger partial charge in [-0.25, -0.2) is 13.8 Å². The Morgan fingerprint density at radius 2 is 1.43 bits per heavy atom. The second-order valence-corrected chi connectivity index (χ2v) is 13.0. The van der Waals surface area contributed by atoms with E-state index in [1.807, 2.05) is 12.1 Å². The smallest absolute Gasteiger partial charge is 0.280 e. The minimum absolute atomic E-state index is 0.385. The van der Waals surface area contributed by atoms with Gasteiger partial charge >= 0.3 is 0 Å². The van der Waals surface area contributed by atoms with Crippen LogP contribution >= 0.6 is 0 Å². The predicted octanol–water partition coefficient (Wildman–Crippen LogP) is 11.4. The second kappa shape index (κ2) is 17.4. The summed E-state index contributed by atoms with van der Waals surface area (Å²) in [7, 11) is 0. The topological polar surface area (TPSA) is 22.1 Å². The summed E-state index contributed by atoms with van der Waals surface area (Å²) in [5, 5.41) is 0. The lowest BCUT2D eigenvalue weighted by molar-refractivity contribution is -0.0825. The molecule has 1 saturated carbocycles. The Bertz CT molecular complexity index is 1050. The van der Waals surface area contributed by atoms with Crippen LogP contribution in [0, 0.1) is 17.8 Å². The summed E-state index contributed by atoms with van der Waals surface area (Å²) in [6.07, 6.45) is 21.8. The monoisotopic (exact) mass is 585 g/mol. The molecule has 1 aromatic heterocycles. The fourth-order valence-corrected chi connectivity index (χ4v) is 6.52.